The number of hydrogen-bond acceptors (Lipinski definition) is 2. The van der Waals surface area contributed by atoms with E-state index in [0.29, 0.717) is 10.0 Å². The molecule has 0 heterocycles. The number of nitrogens with zero attached hydrogens (tertiary/aromatic N) is 1. The van der Waals surface area contributed by atoms with Crippen molar-refractivity contribution in [1.82, 2.24) is 5.32 Å². The van der Waals surface area contributed by atoms with Crippen molar-refractivity contribution < 1.29 is 0 Å². The van der Waals surface area contributed by atoms with Crippen LogP contribution in [0.25, 0.3) is 0 Å². The summed E-state index contributed by atoms with van der Waals surface area (Å²) in [5, 5.41) is 4.47. The van der Waals surface area contributed by atoms with Crippen LogP contribution in [0.1, 0.15) is 17.2 Å². The summed E-state index contributed by atoms with van der Waals surface area (Å²) in [6.45, 7) is 0. The van der Waals surface area contributed by atoms with Crippen LogP contribution in [-0.4, -0.2) is 21.1 Å². The smallest absolute Gasteiger partial charge is 0.0595 e. The molecule has 2 aromatic carbocycles. The second kappa shape index (κ2) is 6.49. The highest BCUT2D eigenvalue weighted by molar-refractivity contribution is 6.42. The third kappa shape index (κ3) is 3.26. The first-order valence-corrected chi connectivity index (χ1v) is 7.18. The first kappa shape index (κ1) is 15.2. The molecule has 0 aromatic heterocycles. The summed E-state index contributed by atoms with van der Waals surface area (Å²) < 4.78 is 0. The molecule has 0 bridgehead atoms. The van der Waals surface area contributed by atoms with Crippen LogP contribution >= 0.6 is 23.2 Å². The molecule has 0 radical (unpaired) electrons. The summed E-state index contributed by atoms with van der Waals surface area (Å²) in [4.78, 5) is 2.08. The number of anilines is 1. The predicted molar refractivity (Wildman–Crippen MR) is 88.1 cm³/mol. The molecule has 0 amide bonds. The van der Waals surface area contributed by atoms with Crippen LogP contribution in [0, 0.1) is 0 Å². The monoisotopic (exact) mass is 308 g/mol. The van der Waals surface area contributed by atoms with Gasteiger partial charge in [-0.15, -0.1) is 0 Å². The van der Waals surface area contributed by atoms with Crippen molar-refractivity contribution >= 4 is 28.9 Å². The summed E-state index contributed by atoms with van der Waals surface area (Å²) in [6, 6.07) is 14.3. The molecule has 2 rings (SSSR count). The molecule has 1 unspecified atom stereocenters. The van der Waals surface area contributed by atoms with Crippen molar-refractivity contribution in [3.8, 4) is 0 Å². The van der Waals surface area contributed by atoms with E-state index in [-0.39, 0.29) is 6.04 Å². The number of hydrogen-bond donors (Lipinski definition) is 1. The topological polar surface area (TPSA) is 15.3 Å². The Morgan fingerprint density at radius 3 is 2.00 bits per heavy atom. The summed E-state index contributed by atoms with van der Waals surface area (Å²) in [5.74, 6) is 0. The molecule has 2 aromatic rings. The lowest BCUT2D eigenvalue weighted by atomic mass is 9.98. The molecule has 0 fully saturated rings. The average molecular weight is 309 g/mol. The van der Waals surface area contributed by atoms with Gasteiger partial charge in [0, 0.05) is 19.8 Å². The molecular formula is C16H18Cl2N2. The Bertz CT molecular complexity index is 580. The second-order valence-electron chi connectivity index (χ2n) is 4.88. The van der Waals surface area contributed by atoms with Gasteiger partial charge in [0.15, 0.2) is 0 Å². The van der Waals surface area contributed by atoms with Crippen molar-refractivity contribution in [2.24, 2.45) is 0 Å². The Morgan fingerprint density at radius 2 is 1.50 bits per heavy atom. The summed E-state index contributed by atoms with van der Waals surface area (Å²) >= 11 is 12.1. The molecule has 106 valence electrons. The van der Waals surface area contributed by atoms with E-state index in [1.165, 1.54) is 11.3 Å². The van der Waals surface area contributed by atoms with Crippen LogP contribution in [-0.2, 0) is 0 Å². The van der Waals surface area contributed by atoms with Gasteiger partial charge in [0.05, 0.1) is 16.1 Å². The molecule has 4 heteroatoms. The lowest BCUT2D eigenvalue weighted by Crippen LogP contribution is -2.18. The van der Waals surface area contributed by atoms with E-state index in [1.807, 2.05) is 39.3 Å². The first-order valence-electron chi connectivity index (χ1n) is 6.42. The third-order valence-electron chi connectivity index (χ3n) is 3.31. The summed E-state index contributed by atoms with van der Waals surface area (Å²) in [6.07, 6.45) is 0. The van der Waals surface area contributed by atoms with Crippen molar-refractivity contribution in [3.05, 3.63) is 63.6 Å². The van der Waals surface area contributed by atoms with E-state index >= 15 is 0 Å². The van der Waals surface area contributed by atoms with Gasteiger partial charge < -0.3 is 10.2 Å². The van der Waals surface area contributed by atoms with Crippen molar-refractivity contribution in [2.45, 2.75) is 6.04 Å². The molecule has 0 aliphatic carbocycles. The molecule has 0 saturated carbocycles. The van der Waals surface area contributed by atoms with E-state index in [2.05, 4.69) is 34.5 Å². The quantitative estimate of drug-likeness (QED) is 0.902. The zero-order valence-corrected chi connectivity index (χ0v) is 13.3. The van der Waals surface area contributed by atoms with Crippen molar-refractivity contribution in [1.29, 1.82) is 0 Å². The van der Waals surface area contributed by atoms with E-state index in [4.69, 9.17) is 23.2 Å². The minimum absolute atomic E-state index is 0.0981. The molecule has 0 saturated heterocycles. The van der Waals surface area contributed by atoms with Gasteiger partial charge >= 0.3 is 0 Å². The summed E-state index contributed by atoms with van der Waals surface area (Å²) in [7, 11) is 6.00. The second-order valence-corrected chi connectivity index (χ2v) is 5.70. The van der Waals surface area contributed by atoms with Gasteiger partial charge in [-0.1, -0.05) is 41.4 Å². The normalized spacial score (nSPS) is 12.2. The summed E-state index contributed by atoms with van der Waals surface area (Å²) in [5.41, 5.74) is 3.47. The van der Waals surface area contributed by atoms with Crippen LogP contribution < -0.4 is 10.2 Å². The SMILES string of the molecule is CNC(c1ccc(N(C)C)cc1)c1ccc(Cl)c(Cl)c1. The molecular weight excluding hydrogens is 291 g/mol. The Kier molecular flexibility index (Phi) is 4.92. The zero-order chi connectivity index (χ0) is 14.7. The maximum atomic E-state index is 6.10. The third-order valence-corrected chi connectivity index (χ3v) is 4.05. The average Bonchev–Trinajstić information content (AvgIpc) is 2.44. The fourth-order valence-corrected chi connectivity index (χ4v) is 2.49. The predicted octanol–water partition coefficient (Wildman–Crippen LogP) is 4.37. The number of halogens is 2. The number of rotatable bonds is 4. The number of benzene rings is 2. The molecule has 20 heavy (non-hydrogen) atoms. The van der Waals surface area contributed by atoms with Crippen LogP contribution in [0.3, 0.4) is 0 Å². The van der Waals surface area contributed by atoms with Crippen LogP contribution in [0.15, 0.2) is 42.5 Å². The molecule has 0 aliphatic rings. The van der Waals surface area contributed by atoms with Gasteiger partial charge in [-0.2, -0.15) is 0 Å². The molecule has 0 aliphatic heterocycles. The van der Waals surface area contributed by atoms with Gasteiger partial charge in [0.2, 0.25) is 0 Å². The maximum Gasteiger partial charge on any atom is 0.0595 e. The number of nitrogens with one attached hydrogen (secondary N) is 1. The molecule has 0 spiro atoms. The minimum Gasteiger partial charge on any atom is -0.378 e. The standard InChI is InChI=1S/C16H18Cl2N2/c1-19-16(12-6-9-14(17)15(18)10-12)11-4-7-13(8-5-11)20(2)3/h4-10,16,19H,1-3H3. The highest BCUT2D eigenvalue weighted by Gasteiger charge is 2.13. The minimum atomic E-state index is 0.0981. The first-order chi connectivity index (χ1) is 9.52. The van der Waals surface area contributed by atoms with Gasteiger partial charge in [-0.3, -0.25) is 0 Å². The Hall–Kier alpha value is -1.22. The Balaban J connectivity index is 2.33. The largest absolute Gasteiger partial charge is 0.378 e. The van der Waals surface area contributed by atoms with E-state index in [1.54, 1.807) is 0 Å². The highest BCUT2D eigenvalue weighted by atomic mass is 35.5. The maximum absolute atomic E-state index is 6.10. The van der Waals surface area contributed by atoms with Crippen LogP contribution in [0.5, 0.6) is 0 Å². The fourth-order valence-electron chi connectivity index (χ4n) is 2.18. The van der Waals surface area contributed by atoms with E-state index in [0.717, 1.165) is 5.56 Å². The van der Waals surface area contributed by atoms with Crippen LogP contribution in [0.2, 0.25) is 10.0 Å². The van der Waals surface area contributed by atoms with Crippen molar-refractivity contribution in [2.75, 3.05) is 26.0 Å². The van der Waals surface area contributed by atoms with Crippen molar-refractivity contribution in [3.63, 3.8) is 0 Å². The molecule has 1 N–H and O–H groups in total. The van der Waals surface area contributed by atoms with E-state index < -0.39 is 0 Å². The van der Waals surface area contributed by atoms with Gasteiger partial charge in [-0.05, 0) is 42.4 Å². The Labute approximate surface area is 130 Å². The molecule has 2 nitrogen and oxygen atoms in total. The van der Waals surface area contributed by atoms with E-state index in [9.17, 15) is 0 Å². The van der Waals surface area contributed by atoms with Gasteiger partial charge in [-0.25, -0.2) is 0 Å². The highest BCUT2D eigenvalue weighted by Crippen LogP contribution is 2.29. The van der Waals surface area contributed by atoms with Gasteiger partial charge in [0.25, 0.3) is 0 Å². The van der Waals surface area contributed by atoms with Gasteiger partial charge in [0.1, 0.15) is 0 Å². The fraction of sp³-hybridized carbons (Fsp3) is 0.250. The van der Waals surface area contributed by atoms with Crippen LogP contribution in [0.4, 0.5) is 5.69 Å². The molecule has 1 atom stereocenters. The zero-order valence-electron chi connectivity index (χ0n) is 11.8. The lowest BCUT2D eigenvalue weighted by molar-refractivity contribution is 0.692. The Morgan fingerprint density at radius 1 is 0.900 bits per heavy atom. The lowest BCUT2D eigenvalue weighted by Gasteiger charge is -2.19.